The molecule has 0 saturated heterocycles. The van der Waals surface area contributed by atoms with Crippen LogP contribution in [-0.2, 0) is 16.8 Å². The summed E-state index contributed by atoms with van der Waals surface area (Å²) in [5.74, 6) is -1.13. The van der Waals surface area contributed by atoms with Crippen molar-refractivity contribution < 1.29 is 18.3 Å². The van der Waals surface area contributed by atoms with Crippen LogP contribution in [0.5, 0.6) is 0 Å². The number of rotatable bonds is 5. The van der Waals surface area contributed by atoms with Gasteiger partial charge in [-0.3, -0.25) is 0 Å². The van der Waals surface area contributed by atoms with Gasteiger partial charge in [-0.25, -0.2) is 19.6 Å². The molecule has 0 bridgehead atoms. The molecule has 1 aromatic heterocycles. The van der Waals surface area contributed by atoms with Gasteiger partial charge in [-0.2, -0.15) is 8.42 Å². The van der Waals surface area contributed by atoms with Crippen molar-refractivity contribution in [2.24, 2.45) is 5.14 Å². The van der Waals surface area contributed by atoms with Gasteiger partial charge in [-0.05, 0) is 0 Å². The Kier molecular flexibility index (Phi) is 3.39. The van der Waals surface area contributed by atoms with Gasteiger partial charge in [-0.1, -0.05) is 0 Å². The maximum Gasteiger partial charge on any atom is 0.356 e. The summed E-state index contributed by atoms with van der Waals surface area (Å²) in [7, 11) is -3.70. The van der Waals surface area contributed by atoms with E-state index < -0.39 is 16.2 Å². The second-order valence-electron chi connectivity index (χ2n) is 2.74. The SMILES string of the molecule is NS(=O)(=O)NCCn1cnc(C(=O)O)c1. The quantitative estimate of drug-likeness (QED) is 0.563. The number of nitrogens with two attached hydrogens (primary N) is 1. The summed E-state index contributed by atoms with van der Waals surface area (Å²) in [6.45, 7) is 0.338. The van der Waals surface area contributed by atoms with Crippen LogP contribution in [0.1, 0.15) is 10.5 Å². The van der Waals surface area contributed by atoms with Crippen molar-refractivity contribution in [2.45, 2.75) is 6.54 Å². The minimum absolute atomic E-state index is 0.0776. The summed E-state index contributed by atoms with van der Waals surface area (Å²) < 4.78 is 24.5. The Morgan fingerprint density at radius 3 is 2.80 bits per heavy atom. The van der Waals surface area contributed by atoms with Crippen molar-refractivity contribution in [3.63, 3.8) is 0 Å². The number of hydrogen-bond donors (Lipinski definition) is 3. The second kappa shape index (κ2) is 4.38. The molecule has 0 fully saturated rings. The molecule has 0 spiro atoms. The summed E-state index contributed by atoms with van der Waals surface area (Å²) in [5, 5.41) is 13.2. The Morgan fingerprint density at radius 1 is 1.67 bits per heavy atom. The van der Waals surface area contributed by atoms with Gasteiger partial charge in [0, 0.05) is 19.3 Å². The zero-order valence-corrected chi connectivity index (χ0v) is 8.44. The molecule has 0 atom stereocenters. The van der Waals surface area contributed by atoms with Gasteiger partial charge in [0.15, 0.2) is 5.69 Å². The van der Waals surface area contributed by atoms with Crippen molar-refractivity contribution in [3.8, 4) is 0 Å². The predicted octanol–water partition coefficient (Wildman–Crippen LogP) is -1.63. The Balaban J connectivity index is 2.48. The van der Waals surface area contributed by atoms with Crippen LogP contribution < -0.4 is 9.86 Å². The van der Waals surface area contributed by atoms with Crippen molar-refractivity contribution in [1.82, 2.24) is 14.3 Å². The molecular formula is C6H10N4O4S. The third kappa shape index (κ3) is 4.06. The van der Waals surface area contributed by atoms with Crippen molar-refractivity contribution in [1.29, 1.82) is 0 Å². The maximum absolute atomic E-state index is 10.5. The highest BCUT2D eigenvalue weighted by molar-refractivity contribution is 7.87. The number of aromatic carboxylic acids is 1. The predicted molar refractivity (Wildman–Crippen MR) is 50.3 cm³/mol. The fraction of sp³-hybridized carbons (Fsp3) is 0.333. The van der Waals surface area contributed by atoms with E-state index in [1.165, 1.54) is 17.1 Å². The van der Waals surface area contributed by atoms with E-state index in [0.29, 0.717) is 0 Å². The lowest BCUT2D eigenvalue weighted by molar-refractivity contribution is 0.0691. The number of aromatic nitrogens is 2. The normalized spacial score (nSPS) is 11.5. The van der Waals surface area contributed by atoms with Gasteiger partial charge in [-0.15, -0.1) is 0 Å². The van der Waals surface area contributed by atoms with Crippen LogP contribution in [0.2, 0.25) is 0 Å². The number of nitrogens with one attached hydrogen (secondary N) is 1. The number of hydrogen-bond acceptors (Lipinski definition) is 4. The third-order valence-electron chi connectivity index (χ3n) is 1.53. The summed E-state index contributed by atoms with van der Waals surface area (Å²) in [5.41, 5.74) is -0.0920. The molecule has 0 aliphatic carbocycles. The number of imidazole rings is 1. The van der Waals surface area contributed by atoms with Gasteiger partial charge in [0.25, 0.3) is 10.2 Å². The molecule has 84 valence electrons. The van der Waals surface area contributed by atoms with E-state index in [1.807, 2.05) is 0 Å². The van der Waals surface area contributed by atoms with Gasteiger partial charge in [0.05, 0.1) is 6.33 Å². The first-order valence-electron chi connectivity index (χ1n) is 3.91. The number of carbonyl (C=O) groups is 1. The van der Waals surface area contributed by atoms with Gasteiger partial charge < -0.3 is 9.67 Å². The van der Waals surface area contributed by atoms with Crippen LogP contribution in [0.25, 0.3) is 0 Å². The van der Waals surface area contributed by atoms with E-state index >= 15 is 0 Å². The fourth-order valence-electron chi connectivity index (χ4n) is 0.910. The molecule has 1 rings (SSSR count). The van der Waals surface area contributed by atoms with E-state index in [4.69, 9.17) is 10.2 Å². The molecule has 0 aliphatic heterocycles. The molecule has 0 unspecified atom stereocenters. The zero-order valence-electron chi connectivity index (χ0n) is 7.62. The van der Waals surface area contributed by atoms with Crippen LogP contribution in [0.4, 0.5) is 0 Å². The minimum atomic E-state index is -3.70. The molecule has 0 amide bonds. The molecule has 8 nitrogen and oxygen atoms in total. The van der Waals surface area contributed by atoms with Crippen molar-refractivity contribution in [3.05, 3.63) is 18.2 Å². The largest absolute Gasteiger partial charge is 0.476 e. The number of nitrogens with zero attached hydrogens (tertiary/aromatic N) is 2. The first kappa shape index (κ1) is 11.6. The Labute approximate surface area is 85.9 Å². The summed E-state index contributed by atoms with van der Waals surface area (Å²) in [6, 6.07) is 0. The van der Waals surface area contributed by atoms with Crippen molar-refractivity contribution >= 4 is 16.2 Å². The lowest BCUT2D eigenvalue weighted by Gasteiger charge is -2.01. The Hall–Kier alpha value is -1.45. The molecule has 1 heterocycles. The molecule has 0 radical (unpaired) electrons. The molecule has 15 heavy (non-hydrogen) atoms. The van der Waals surface area contributed by atoms with Crippen LogP contribution in [-0.4, -0.2) is 35.6 Å². The molecule has 0 aromatic carbocycles. The monoisotopic (exact) mass is 234 g/mol. The standard InChI is InChI=1S/C6H10N4O4S/c7-15(13,14)9-1-2-10-3-5(6(11)12)8-4-10/h3-4,9H,1-2H2,(H,11,12)(H2,7,13,14). The van der Waals surface area contributed by atoms with Crippen molar-refractivity contribution in [2.75, 3.05) is 6.54 Å². The highest BCUT2D eigenvalue weighted by Crippen LogP contribution is 1.95. The smallest absolute Gasteiger partial charge is 0.356 e. The Bertz CT molecular complexity index is 451. The third-order valence-corrected chi connectivity index (χ3v) is 2.13. The molecular weight excluding hydrogens is 224 g/mol. The molecule has 4 N–H and O–H groups in total. The maximum atomic E-state index is 10.5. The van der Waals surface area contributed by atoms with Crippen LogP contribution in [0.3, 0.4) is 0 Å². The average molecular weight is 234 g/mol. The Morgan fingerprint density at radius 2 is 2.33 bits per heavy atom. The summed E-state index contributed by atoms with van der Waals surface area (Å²) >= 11 is 0. The summed E-state index contributed by atoms with van der Waals surface area (Å²) in [6.07, 6.45) is 2.60. The number of carboxylic acids is 1. The number of carboxylic acid groups (broad SMARTS) is 1. The first-order valence-corrected chi connectivity index (χ1v) is 5.45. The molecule has 1 aromatic rings. The average Bonchev–Trinajstić information content (AvgIpc) is 2.50. The molecule has 0 saturated carbocycles. The van der Waals surface area contributed by atoms with Crippen LogP contribution >= 0.6 is 0 Å². The van der Waals surface area contributed by atoms with Crippen LogP contribution in [0, 0.1) is 0 Å². The van der Waals surface area contributed by atoms with E-state index in [0.717, 1.165) is 0 Å². The van der Waals surface area contributed by atoms with Gasteiger partial charge >= 0.3 is 5.97 Å². The first-order chi connectivity index (χ1) is 6.88. The highest BCUT2D eigenvalue weighted by Gasteiger charge is 2.06. The van der Waals surface area contributed by atoms with Crippen LogP contribution in [0.15, 0.2) is 12.5 Å². The van der Waals surface area contributed by atoms with E-state index in [-0.39, 0.29) is 18.8 Å². The van der Waals surface area contributed by atoms with Gasteiger partial charge in [0.2, 0.25) is 0 Å². The zero-order chi connectivity index (χ0) is 11.5. The molecule has 9 heteroatoms. The fourth-order valence-corrected chi connectivity index (χ4v) is 1.29. The van der Waals surface area contributed by atoms with E-state index in [1.54, 1.807) is 0 Å². The topological polar surface area (TPSA) is 127 Å². The highest BCUT2D eigenvalue weighted by atomic mass is 32.2. The summed E-state index contributed by atoms with van der Waals surface area (Å²) in [4.78, 5) is 14.0. The van der Waals surface area contributed by atoms with E-state index in [2.05, 4.69) is 9.71 Å². The lowest BCUT2D eigenvalue weighted by atomic mass is 10.5. The minimum Gasteiger partial charge on any atom is -0.476 e. The lowest BCUT2D eigenvalue weighted by Crippen LogP contribution is -2.33. The molecule has 0 aliphatic rings. The second-order valence-corrected chi connectivity index (χ2v) is 4.12. The van der Waals surface area contributed by atoms with E-state index in [9.17, 15) is 13.2 Å². The van der Waals surface area contributed by atoms with Gasteiger partial charge in [0.1, 0.15) is 0 Å².